The Morgan fingerprint density at radius 2 is 2.11 bits per heavy atom. The Balaban J connectivity index is 2.38. The lowest BCUT2D eigenvalue weighted by atomic mass is 10.00. The summed E-state index contributed by atoms with van der Waals surface area (Å²) in [5.41, 5.74) is 9.19. The van der Waals surface area contributed by atoms with E-state index in [1.807, 2.05) is 23.7 Å². The summed E-state index contributed by atoms with van der Waals surface area (Å²) < 4.78 is 2.87. The van der Waals surface area contributed by atoms with Crippen LogP contribution in [-0.2, 0) is 6.42 Å². The van der Waals surface area contributed by atoms with Gasteiger partial charge in [-0.25, -0.2) is 9.67 Å². The first-order chi connectivity index (χ1) is 9.02. The Labute approximate surface area is 122 Å². The van der Waals surface area contributed by atoms with E-state index < -0.39 is 0 Å². The van der Waals surface area contributed by atoms with Crippen LogP contribution >= 0.6 is 15.9 Å². The quantitative estimate of drug-likeness (QED) is 0.941. The monoisotopic (exact) mass is 322 g/mol. The molecule has 2 heterocycles. The molecule has 0 bridgehead atoms. The minimum atomic E-state index is 0.466. The molecule has 0 fully saturated rings. The van der Waals surface area contributed by atoms with Crippen molar-refractivity contribution in [2.75, 3.05) is 6.54 Å². The smallest absolute Gasteiger partial charge is 0.153 e. The molecule has 5 heteroatoms. The summed E-state index contributed by atoms with van der Waals surface area (Å²) in [6, 6.07) is 3.93. The van der Waals surface area contributed by atoms with Crippen molar-refractivity contribution in [2.24, 2.45) is 11.7 Å². The topological polar surface area (TPSA) is 56.7 Å². The zero-order chi connectivity index (χ0) is 14.0. The van der Waals surface area contributed by atoms with E-state index in [1.54, 1.807) is 6.20 Å². The second-order valence-corrected chi connectivity index (χ2v) is 5.86. The number of hydrogen-bond acceptors (Lipinski definition) is 3. The summed E-state index contributed by atoms with van der Waals surface area (Å²) in [4.78, 5) is 4.39. The van der Waals surface area contributed by atoms with Crippen molar-refractivity contribution in [1.82, 2.24) is 14.8 Å². The average molecular weight is 323 g/mol. The van der Waals surface area contributed by atoms with Gasteiger partial charge in [0.05, 0.1) is 5.69 Å². The Bertz CT molecular complexity index is 560. The lowest BCUT2D eigenvalue weighted by molar-refractivity contribution is 0.589. The third-order valence-corrected chi connectivity index (χ3v) is 3.79. The van der Waals surface area contributed by atoms with Gasteiger partial charge in [0.1, 0.15) is 0 Å². The van der Waals surface area contributed by atoms with Crippen molar-refractivity contribution >= 4 is 15.9 Å². The van der Waals surface area contributed by atoms with Gasteiger partial charge in [0, 0.05) is 16.4 Å². The molecule has 0 aliphatic rings. The minimum absolute atomic E-state index is 0.466. The maximum absolute atomic E-state index is 5.71. The molecular formula is C14H19BrN4. The second-order valence-electron chi connectivity index (χ2n) is 4.94. The molecular weight excluding hydrogens is 304 g/mol. The Morgan fingerprint density at radius 3 is 2.68 bits per heavy atom. The van der Waals surface area contributed by atoms with Crippen molar-refractivity contribution in [2.45, 2.75) is 27.2 Å². The molecule has 4 nitrogen and oxygen atoms in total. The number of halogens is 1. The van der Waals surface area contributed by atoms with Crippen molar-refractivity contribution in [1.29, 1.82) is 0 Å². The van der Waals surface area contributed by atoms with Gasteiger partial charge in [-0.3, -0.25) is 0 Å². The number of pyridine rings is 1. The maximum Gasteiger partial charge on any atom is 0.153 e. The van der Waals surface area contributed by atoms with Crippen LogP contribution in [0, 0.1) is 19.8 Å². The van der Waals surface area contributed by atoms with Gasteiger partial charge in [0.25, 0.3) is 0 Å². The van der Waals surface area contributed by atoms with Gasteiger partial charge in [-0.05, 0) is 66.4 Å². The van der Waals surface area contributed by atoms with Crippen LogP contribution in [0.1, 0.15) is 23.9 Å². The number of nitrogens with zero attached hydrogens (tertiary/aromatic N) is 3. The third-order valence-electron chi connectivity index (χ3n) is 3.32. The summed E-state index contributed by atoms with van der Waals surface area (Å²) >= 11 is 3.39. The fraction of sp³-hybridized carbons (Fsp3) is 0.429. The van der Waals surface area contributed by atoms with Gasteiger partial charge >= 0.3 is 0 Å². The molecule has 1 unspecified atom stereocenters. The van der Waals surface area contributed by atoms with Gasteiger partial charge in [0.15, 0.2) is 5.82 Å². The predicted molar refractivity (Wildman–Crippen MR) is 80.5 cm³/mol. The van der Waals surface area contributed by atoms with E-state index in [4.69, 9.17) is 5.73 Å². The Hall–Kier alpha value is -1.20. The van der Waals surface area contributed by atoms with Gasteiger partial charge < -0.3 is 5.73 Å². The van der Waals surface area contributed by atoms with Crippen molar-refractivity contribution in [3.63, 3.8) is 0 Å². The molecule has 2 aromatic rings. The highest BCUT2D eigenvalue weighted by Crippen LogP contribution is 2.20. The van der Waals surface area contributed by atoms with Crippen molar-refractivity contribution in [3.8, 4) is 5.82 Å². The molecule has 0 radical (unpaired) electrons. The molecule has 1 atom stereocenters. The summed E-state index contributed by atoms with van der Waals surface area (Å²) in [5, 5.41) is 4.60. The highest BCUT2D eigenvalue weighted by Gasteiger charge is 2.15. The predicted octanol–water partition coefficient (Wildman–Crippen LogP) is 2.78. The minimum Gasteiger partial charge on any atom is -0.330 e. The fourth-order valence-corrected chi connectivity index (χ4v) is 2.35. The molecule has 0 spiro atoms. The molecule has 102 valence electrons. The molecule has 0 saturated carbocycles. The molecule has 0 aromatic carbocycles. The fourth-order valence-electron chi connectivity index (χ4n) is 2.12. The van der Waals surface area contributed by atoms with Gasteiger partial charge in [-0.2, -0.15) is 5.10 Å². The normalized spacial score (nSPS) is 12.7. The molecule has 0 amide bonds. The number of aryl methyl sites for hydroxylation is 1. The Morgan fingerprint density at radius 1 is 1.37 bits per heavy atom. The van der Waals surface area contributed by atoms with Gasteiger partial charge in [-0.15, -0.1) is 0 Å². The number of nitrogens with two attached hydrogens (primary N) is 1. The van der Waals surface area contributed by atoms with Crippen LogP contribution in [0.25, 0.3) is 5.82 Å². The standard InChI is InChI=1S/C14H19BrN4/c1-9(7-16)6-13-10(2)18-19(11(13)3)14-5-4-12(15)8-17-14/h4-5,8-9H,6-7,16H2,1-3H3. The molecule has 0 saturated heterocycles. The Kier molecular flexibility index (Phi) is 4.37. The van der Waals surface area contributed by atoms with E-state index in [-0.39, 0.29) is 0 Å². The van der Waals surface area contributed by atoms with Gasteiger partial charge in [0.2, 0.25) is 0 Å². The van der Waals surface area contributed by atoms with Crippen LogP contribution in [0.3, 0.4) is 0 Å². The first kappa shape index (κ1) is 14.2. The number of aromatic nitrogens is 3. The highest BCUT2D eigenvalue weighted by atomic mass is 79.9. The first-order valence-corrected chi connectivity index (χ1v) is 7.19. The van der Waals surface area contributed by atoms with E-state index in [0.717, 1.165) is 28.1 Å². The van der Waals surface area contributed by atoms with Crippen molar-refractivity contribution in [3.05, 3.63) is 39.8 Å². The maximum atomic E-state index is 5.71. The van der Waals surface area contributed by atoms with Crippen LogP contribution in [-0.4, -0.2) is 21.3 Å². The molecule has 19 heavy (non-hydrogen) atoms. The molecule has 2 N–H and O–H groups in total. The average Bonchev–Trinajstić information content (AvgIpc) is 2.67. The summed E-state index contributed by atoms with van der Waals surface area (Å²) in [6.07, 6.45) is 2.75. The van der Waals surface area contributed by atoms with Crippen LogP contribution in [0.4, 0.5) is 0 Å². The summed E-state index contributed by atoms with van der Waals surface area (Å²) in [7, 11) is 0. The van der Waals surface area contributed by atoms with Crippen molar-refractivity contribution < 1.29 is 0 Å². The summed E-state index contributed by atoms with van der Waals surface area (Å²) in [5.74, 6) is 1.31. The molecule has 2 aromatic heterocycles. The highest BCUT2D eigenvalue weighted by molar-refractivity contribution is 9.10. The van der Waals surface area contributed by atoms with E-state index >= 15 is 0 Å². The van der Waals surface area contributed by atoms with Crippen LogP contribution in [0.2, 0.25) is 0 Å². The van der Waals surface area contributed by atoms with E-state index in [9.17, 15) is 0 Å². The molecule has 2 rings (SSSR count). The van der Waals surface area contributed by atoms with E-state index in [2.05, 4.69) is 39.9 Å². The first-order valence-electron chi connectivity index (χ1n) is 6.40. The third kappa shape index (κ3) is 3.04. The SMILES string of the molecule is Cc1nn(-c2ccc(Br)cn2)c(C)c1CC(C)CN. The van der Waals surface area contributed by atoms with E-state index in [0.29, 0.717) is 12.5 Å². The van der Waals surface area contributed by atoms with Gasteiger partial charge in [-0.1, -0.05) is 6.92 Å². The lowest BCUT2D eigenvalue weighted by Gasteiger charge is -2.09. The molecule has 0 aliphatic carbocycles. The van der Waals surface area contributed by atoms with Crippen LogP contribution < -0.4 is 5.73 Å². The zero-order valence-corrected chi connectivity index (χ0v) is 13.1. The largest absolute Gasteiger partial charge is 0.330 e. The number of hydrogen-bond donors (Lipinski definition) is 1. The van der Waals surface area contributed by atoms with E-state index in [1.165, 1.54) is 5.56 Å². The van der Waals surface area contributed by atoms with Crippen LogP contribution in [0.5, 0.6) is 0 Å². The summed E-state index contributed by atoms with van der Waals surface area (Å²) in [6.45, 7) is 6.98. The molecule has 0 aliphatic heterocycles. The number of rotatable bonds is 4. The lowest BCUT2D eigenvalue weighted by Crippen LogP contribution is -2.14. The van der Waals surface area contributed by atoms with Crippen LogP contribution in [0.15, 0.2) is 22.8 Å². The zero-order valence-electron chi connectivity index (χ0n) is 11.5. The second kappa shape index (κ2) is 5.84.